The molecule has 25 heavy (non-hydrogen) atoms. The summed E-state index contributed by atoms with van der Waals surface area (Å²) in [6, 6.07) is 14.0. The zero-order valence-corrected chi connectivity index (χ0v) is 16.0. The SMILES string of the molecule is CC(COCc1ccc(C(F)(F)O[PH](=O)O)c(Br)c1)c1ccccc1. The second-order valence-corrected chi connectivity index (χ2v) is 7.12. The van der Waals surface area contributed by atoms with Crippen LogP contribution in [0.1, 0.15) is 29.5 Å². The van der Waals surface area contributed by atoms with E-state index in [0.717, 1.165) is 11.6 Å². The summed E-state index contributed by atoms with van der Waals surface area (Å²) < 4.78 is 47.5. The molecule has 136 valence electrons. The first-order valence-corrected chi connectivity index (χ1v) is 9.56. The van der Waals surface area contributed by atoms with Gasteiger partial charge in [0.25, 0.3) is 0 Å². The van der Waals surface area contributed by atoms with Crippen LogP contribution in [0.4, 0.5) is 8.78 Å². The highest BCUT2D eigenvalue weighted by atomic mass is 79.9. The van der Waals surface area contributed by atoms with Gasteiger partial charge in [0, 0.05) is 10.4 Å². The monoisotopic (exact) mass is 434 g/mol. The van der Waals surface area contributed by atoms with Gasteiger partial charge >= 0.3 is 14.4 Å². The van der Waals surface area contributed by atoms with Crippen molar-refractivity contribution in [3.05, 3.63) is 69.7 Å². The number of rotatable bonds is 8. The molecule has 1 N–H and O–H groups in total. The lowest BCUT2D eigenvalue weighted by Crippen LogP contribution is -2.15. The normalized spacial score (nSPS) is 14.3. The summed E-state index contributed by atoms with van der Waals surface area (Å²) in [5.41, 5.74) is 1.35. The summed E-state index contributed by atoms with van der Waals surface area (Å²) in [6.45, 7) is 2.80. The topological polar surface area (TPSA) is 55.8 Å². The molecule has 2 aromatic carbocycles. The molecule has 2 aromatic rings. The average molecular weight is 435 g/mol. The minimum atomic E-state index is -3.84. The van der Waals surface area contributed by atoms with Crippen molar-refractivity contribution in [1.82, 2.24) is 0 Å². The summed E-state index contributed by atoms with van der Waals surface area (Å²) >= 11 is 3.04. The highest BCUT2D eigenvalue weighted by molar-refractivity contribution is 9.10. The van der Waals surface area contributed by atoms with Gasteiger partial charge in [-0.25, -0.2) is 4.52 Å². The van der Waals surface area contributed by atoms with Crippen LogP contribution in [0.15, 0.2) is 53.0 Å². The van der Waals surface area contributed by atoms with E-state index in [-0.39, 0.29) is 17.0 Å². The number of alkyl halides is 2. The summed E-state index contributed by atoms with van der Waals surface area (Å²) in [5, 5.41) is 0. The van der Waals surface area contributed by atoms with Crippen LogP contribution in [0, 0.1) is 0 Å². The molecule has 0 aliphatic carbocycles. The Morgan fingerprint density at radius 2 is 1.92 bits per heavy atom. The van der Waals surface area contributed by atoms with E-state index >= 15 is 0 Å². The van der Waals surface area contributed by atoms with Gasteiger partial charge in [-0.05, 0) is 23.3 Å². The van der Waals surface area contributed by atoms with Crippen LogP contribution in [0.2, 0.25) is 0 Å². The van der Waals surface area contributed by atoms with Crippen LogP contribution in [0.5, 0.6) is 0 Å². The van der Waals surface area contributed by atoms with Crippen molar-refractivity contribution in [2.75, 3.05) is 6.61 Å². The number of ether oxygens (including phenoxy) is 1. The van der Waals surface area contributed by atoms with Gasteiger partial charge in [0.2, 0.25) is 0 Å². The first-order chi connectivity index (χ1) is 11.8. The quantitative estimate of drug-likeness (QED) is 0.578. The maximum Gasteiger partial charge on any atom is 0.390 e. The second-order valence-electron chi connectivity index (χ2n) is 5.53. The summed E-state index contributed by atoms with van der Waals surface area (Å²) in [7, 11) is -3.76. The fourth-order valence-corrected chi connectivity index (χ4v) is 3.27. The molecular weight excluding hydrogens is 417 g/mol. The molecule has 8 heteroatoms. The van der Waals surface area contributed by atoms with Crippen molar-refractivity contribution in [2.24, 2.45) is 0 Å². The van der Waals surface area contributed by atoms with Crippen LogP contribution in [0.3, 0.4) is 0 Å². The summed E-state index contributed by atoms with van der Waals surface area (Å²) in [6.07, 6.45) is -3.84. The Hall–Kier alpha value is -1.11. The molecule has 0 amide bonds. The maximum absolute atomic E-state index is 13.7. The molecule has 0 spiro atoms. The predicted molar refractivity (Wildman–Crippen MR) is 94.9 cm³/mol. The van der Waals surface area contributed by atoms with E-state index in [1.165, 1.54) is 12.1 Å². The van der Waals surface area contributed by atoms with Crippen LogP contribution in [-0.4, -0.2) is 11.5 Å². The zero-order chi connectivity index (χ0) is 18.4. The lowest BCUT2D eigenvalue weighted by molar-refractivity contribution is -0.186. The van der Waals surface area contributed by atoms with E-state index in [4.69, 9.17) is 9.63 Å². The molecule has 2 rings (SSSR count). The number of hydrogen-bond donors (Lipinski definition) is 1. The van der Waals surface area contributed by atoms with Gasteiger partial charge in [0.05, 0.1) is 18.8 Å². The molecule has 0 fully saturated rings. The Kier molecular flexibility index (Phi) is 7.28. The first-order valence-electron chi connectivity index (χ1n) is 7.51. The molecule has 0 aliphatic rings. The van der Waals surface area contributed by atoms with Gasteiger partial charge in [-0.2, -0.15) is 8.78 Å². The fourth-order valence-electron chi connectivity index (χ4n) is 2.28. The van der Waals surface area contributed by atoms with Crippen molar-refractivity contribution >= 4 is 24.2 Å². The average Bonchev–Trinajstić information content (AvgIpc) is 2.54. The Morgan fingerprint density at radius 1 is 1.24 bits per heavy atom. The third-order valence-electron chi connectivity index (χ3n) is 3.57. The first kappa shape index (κ1) is 20.2. The molecule has 0 heterocycles. The van der Waals surface area contributed by atoms with Crippen molar-refractivity contribution in [2.45, 2.75) is 25.6 Å². The molecule has 2 unspecified atom stereocenters. The molecule has 0 radical (unpaired) electrons. The van der Waals surface area contributed by atoms with Gasteiger partial charge < -0.3 is 9.63 Å². The third kappa shape index (κ3) is 5.97. The molecule has 0 saturated heterocycles. The summed E-state index contributed by atoms with van der Waals surface area (Å²) in [4.78, 5) is 8.57. The minimum Gasteiger partial charge on any atom is -0.376 e. The van der Waals surface area contributed by atoms with Gasteiger partial charge in [-0.15, -0.1) is 0 Å². The Balaban J connectivity index is 1.96. The van der Waals surface area contributed by atoms with Crippen LogP contribution < -0.4 is 0 Å². The molecular formula is C17H18BrF2O4P. The van der Waals surface area contributed by atoms with Crippen LogP contribution in [-0.2, 0) is 26.5 Å². The lowest BCUT2D eigenvalue weighted by Gasteiger charge is -2.17. The number of halogens is 3. The maximum atomic E-state index is 13.7. The van der Waals surface area contributed by atoms with E-state index in [1.807, 2.05) is 37.3 Å². The van der Waals surface area contributed by atoms with Gasteiger partial charge in [-0.3, -0.25) is 4.57 Å². The zero-order valence-electron chi connectivity index (χ0n) is 13.4. The molecule has 0 aromatic heterocycles. The standard InChI is InChI=1S/C17H18BrF2O4P/c1-12(14-5-3-2-4-6-14)10-23-11-13-7-8-15(16(18)9-13)17(19,20)24-25(21)22/h2-9,12,25H,10-11H2,1H3,(H,21,22). The summed E-state index contributed by atoms with van der Waals surface area (Å²) in [5.74, 6) is 0.212. The highest BCUT2D eigenvalue weighted by Crippen LogP contribution is 2.41. The Labute approximate surface area is 153 Å². The van der Waals surface area contributed by atoms with Crippen LogP contribution >= 0.6 is 24.2 Å². The van der Waals surface area contributed by atoms with Crippen LogP contribution in [0.25, 0.3) is 0 Å². The van der Waals surface area contributed by atoms with E-state index in [1.54, 1.807) is 0 Å². The fraction of sp³-hybridized carbons (Fsp3) is 0.294. The van der Waals surface area contributed by atoms with Gasteiger partial charge in [-0.1, -0.05) is 59.3 Å². The molecule has 4 nitrogen and oxygen atoms in total. The minimum absolute atomic E-state index is 0.0814. The van der Waals surface area contributed by atoms with E-state index in [0.29, 0.717) is 12.2 Å². The largest absolute Gasteiger partial charge is 0.390 e. The van der Waals surface area contributed by atoms with E-state index < -0.39 is 19.9 Å². The molecule has 0 saturated carbocycles. The molecule has 0 aliphatic heterocycles. The van der Waals surface area contributed by atoms with Gasteiger partial charge in [0.1, 0.15) is 0 Å². The lowest BCUT2D eigenvalue weighted by atomic mass is 10.0. The Morgan fingerprint density at radius 3 is 2.52 bits per heavy atom. The molecule has 0 bridgehead atoms. The van der Waals surface area contributed by atoms with Crippen molar-refractivity contribution in [3.8, 4) is 0 Å². The van der Waals surface area contributed by atoms with E-state index in [2.05, 4.69) is 20.5 Å². The molecule has 2 atom stereocenters. The second kappa shape index (κ2) is 9.01. The number of benzene rings is 2. The predicted octanol–water partition coefficient (Wildman–Crippen LogP) is 5.22. The van der Waals surface area contributed by atoms with Crippen molar-refractivity contribution < 1.29 is 27.5 Å². The third-order valence-corrected chi connectivity index (χ3v) is 4.65. The van der Waals surface area contributed by atoms with Crippen molar-refractivity contribution in [1.29, 1.82) is 0 Å². The van der Waals surface area contributed by atoms with E-state index in [9.17, 15) is 13.3 Å². The smallest absolute Gasteiger partial charge is 0.376 e. The van der Waals surface area contributed by atoms with Crippen molar-refractivity contribution in [3.63, 3.8) is 0 Å². The number of hydrogen-bond acceptors (Lipinski definition) is 3. The van der Waals surface area contributed by atoms with Gasteiger partial charge in [0.15, 0.2) is 0 Å². The highest BCUT2D eigenvalue weighted by Gasteiger charge is 2.37. The Bertz CT molecular complexity index is 728.